The molecule has 3 aromatic heterocycles. The van der Waals surface area contributed by atoms with E-state index < -0.39 is 29.0 Å². The number of likely N-dealkylation sites (tertiary alicyclic amines) is 1. The first-order chi connectivity index (χ1) is 20.8. The van der Waals surface area contributed by atoms with Crippen LogP contribution < -0.4 is 16.0 Å². The number of fused-ring (bicyclic) bond motifs is 2. The first kappa shape index (κ1) is 29.9. The summed E-state index contributed by atoms with van der Waals surface area (Å²) in [6.45, 7) is 4.28. The van der Waals surface area contributed by atoms with Gasteiger partial charge in [-0.15, -0.1) is 0 Å². The van der Waals surface area contributed by atoms with Gasteiger partial charge in [0.05, 0.1) is 39.8 Å². The fourth-order valence-corrected chi connectivity index (χ4v) is 6.23. The number of alkyl halides is 4. The van der Waals surface area contributed by atoms with Crippen LogP contribution in [0.3, 0.4) is 0 Å². The second-order valence-corrected chi connectivity index (χ2v) is 12.5. The molecule has 44 heavy (non-hydrogen) atoms. The Balaban J connectivity index is 1.24. The fraction of sp³-hybridized carbons (Fsp3) is 0.379. The molecule has 2 aliphatic heterocycles. The quantitative estimate of drug-likeness (QED) is 0.188. The van der Waals surface area contributed by atoms with Crippen LogP contribution in [-0.2, 0) is 16.8 Å². The predicted octanol–water partition coefficient (Wildman–Crippen LogP) is 5.22. The summed E-state index contributed by atoms with van der Waals surface area (Å²) in [5, 5.41) is 12.4. The molecule has 1 aromatic carbocycles. The van der Waals surface area contributed by atoms with E-state index in [9.17, 15) is 27.2 Å². The van der Waals surface area contributed by atoms with Crippen LogP contribution >= 0.6 is 11.8 Å². The first-order valence-electron chi connectivity index (χ1n) is 13.9. The van der Waals surface area contributed by atoms with E-state index in [1.165, 1.54) is 16.7 Å². The fourth-order valence-electron chi connectivity index (χ4n) is 5.49. The molecule has 0 radical (unpaired) electrons. The lowest BCUT2D eigenvalue weighted by Crippen LogP contribution is -2.46. The number of hydrogen-bond acceptors (Lipinski definition) is 8. The monoisotopic (exact) mass is 631 g/mol. The van der Waals surface area contributed by atoms with Gasteiger partial charge in [-0.2, -0.15) is 18.2 Å². The van der Waals surface area contributed by atoms with E-state index >= 15 is 0 Å². The van der Waals surface area contributed by atoms with Crippen molar-refractivity contribution in [2.75, 3.05) is 30.8 Å². The third-order valence-corrected chi connectivity index (χ3v) is 8.78. The number of carbonyl (C=O) groups is 2. The maximum atomic E-state index is 14.8. The van der Waals surface area contributed by atoms with Crippen molar-refractivity contribution in [3.63, 3.8) is 0 Å². The minimum atomic E-state index is -4.62. The van der Waals surface area contributed by atoms with Gasteiger partial charge in [-0.1, -0.05) is 5.16 Å². The third kappa shape index (κ3) is 5.73. The summed E-state index contributed by atoms with van der Waals surface area (Å²) in [5.41, 5.74) is -2.82. The molecule has 0 spiro atoms. The van der Waals surface area contributed by atoms with Crippen molar-refractivity contribution in [2.24, 2.45) is 0 Å². The average molecular weight is 632 g/mol. The molecule has 4 aromatic rings. The molecule has 15 heteroatoms. The zero-order valence-corrected chi connectivity index (χ0v) is 24.8. The summed E-state index contributed by atoms with van der Waals surface area (Å²) in [6.07, 6.45) is 0.876. The van der Waals surface area contributed by atoms with Gasteiger partial charge in [-0.05, 0) is 69.3 Å². The minimum Gasteiger partial charge on any atom is -0.378 e. The van der Waals surface area contributed by atoms with Crippen LogP contribution in [0.15, 0.2) is 52.1 Å². The molecule has 2 amide bonds. The van der Waals surface area contributed by atoms with Crippen LogP contribution in [0.4, 0.5) is 28.9 Å². The third-order valence-electron chi connectivity index (χ3n) is 7.94. The molecule has 0 bridgehead atoms. The lowest BCUT2D eigenvalue weighted by Gasteiger charge is -2.33. The number of amides is 2. The molecule has 1 saturated heterocycles. The minimum absolute atomic E-state index is 0.0187. The Hall–Kier alpha value is -4.11. The SMILES string of the molecule is CN1CC[C@@H](Nc2cccn3c(SC(F)(F)F)c(-c4noc(CNC(=O)c5ccc6c(c5)C(C)(C)C(=O)N6)n4)cc23)[C@@H](F)C1. The highest BCUT2D eigenvalue weighted by molar-refractivity contribution is 8.00. The number of piperidine rings is 1. The van der Waals surface area contributed by atoms with E-state index in [4.69, 9.17) is 4.52 Å². The summed E-state index contributed by atoms with van der Waals surface area (Å²) in [7, 11) is 1.84. The topological polar surface area (TPSA) is 117 Å². The van der Waals surface area contributed by atoms with E-state index in [1.807, 2.05) is 11.9 Å². The van der Waals surface area contributed by atoms with Crippen molar-refractivity contribution >= 4 is 40.5 Å². The number of nitrogens with zero attached hydrogens (tertiary/aromatic N) is 4. The summed E-state index contributed by atoms with van der Waals surface area (Å²) < 4.78 is 62.4. The lowest BCUT2D eigenvalue weighted by atomic mass is 9.85. The smallest absolute Gasteiger partial charge is 0.378 e. The number of aromatic nitrogens is 3. The summed E-state index contributed by atoms with van der Waals surface area (Å²) in [6, 6.07) is 9.15. The molecule has 1 fully saturated rings. The Kier molecular flexibility index (Phi) is 7.56. The van der Waals surface area contributed by atoms with Crippen molar-refractivity contribution in [1.82, 2.24) is 24.8 Å². The summed E-state index contributed by atoms with van der Waals surface area (Å²) >= 11 is -0.318. The molecule has 5 heterocycles. The number of anilines is 2. The highest BCUT2D eigenvalue weighted by Gasteiger charge is 2.39. The van der Waals surface area contributed by atoms with E-state index in [0.717, 1.165) is 0 Å². The number of pyridine rings is 1. The van der Waals surface area contributed by atoms with Gasteiger partial charge in [0.25, 0.3) is 5.91 Å². The van der Waals surface area contributed by atoms with Gasteiger partial charge in [0.2, 0.25) is 17.6 Å². The van der Waals surface area contributed by atoms with Crippen LogP contribution in [0.2, 0.25) is 0 Å². The number of hydrogen-bond donors (Lipinski definition) is 3. The van der Waals surface area contributed by atoms with Crippen LogP contribution in [0.25, 0.3) is 16.9 Å². The number of halogens is 4. The van der Waals surface area contributed by atoms with Crippen LogP contribution in [0.1, 0.15) is 42.1 Å². The van der Waals surface area contributed by atoms with Gasteiger partial charge in [-0.25, -0.2) is 4.39 Å². The molecule has 3 N–H and O–H groups in total. The number of benzene rings is 1. The zero-order valence-electron chi connectivity index (χ0n) is 24.0. The van der Waals surface area contributed by atoms with Gasteiger partial charge in [-0.3, -0.25) is 9.59 Å². The number of nitrogens with one attached hydrogen (secondary N) is 3. The predicted molar refractivity (Wildman–Crippen MR) is 156 cm³/mol. The molecule has 2 atom stereocenters. The van der Waals surface area contributed by atoms with Crippen LogP contribution in [0, 0.1) is 0 Å². The highest BCUT2D eigenvalue weighted by Crippen LogP contribution is 2.44. The first-order valence-corrected chi connectivity index (χ1v) is 14.7. The summed E-state index contributed by atoms with van der Waals surface area (Å²) in [4.78, 5) is 31.3. The standard InChI is InChI=1S/C29H29F4N7O3S/c1-28(2)17-11-15(6-7-19(17)36-27(28)42)25(41)34-13-23-37-24(38-43-23)16-12-22-21(35-20-8-10-39(3)14-18(20)30)5-4-9-40(22)26(16)44-29(31,32)33/h4-7,9,11-12,18,20,35H,8,10,13-14H2,1-3H3,(H,34,41)(H,36,42)/t18-,20+/m0/s1. The lowest BCUT2D eigenvalue weighted by molar-refractivity contribution is -0.119. The zero-order chi connectivity index (χ0) is 31.4. The van der Waals surface area contributed by atoms with Crippen molar-refractivity contribution in [2.45, 2.75) is 55.0 Å². The summed E-state index contributed by atoms with van der Waals surface area (Å²) in [5.74, 6) is -0.736. The molecule has 232 valence electrons. The normalized spacial score (nSPS) is 20.0. The van der Waals surface area contributed by atoms with E-state index in [-0.39, 0.29) is 53.1 Å². The van der Waals surface area contributed by atoms with Crippen molar-refractivity contribution in [1.29, 1.82) is 0 Å². The average Bonchev–Trinajstić information content (AvgIpc) is 3.63. The Morgan fingerprint density at radius 3 is 2.80 bits per heavy atom. The molecule has 10 nitrogen and oxygen atoms in total. The number of thioether (sulfide) groups is 1. The van der Waals surface area contributed by atoms with Crippen LogP contribution in [0.5, 0.6) is 0 Å². The Labute approximate surface area is 253 Å². The Bertz CT molecular complexity index is 1750. The second-order valence-electron chi connectivity index (χ2n) is 11.4. The van der Waals surface area contributed by atoms with Gasteiger partial charge in [0.15, 0.2) is 0 Å². The maximum absolute atomic E-state index is 14.8. The van der Waals surface area contributed by atoms with Crippen molar-refractivity contribution in [3.05, 3.63) is 59.6 Å². The molecular weight excluding hydrogens is 602 g/mol. The Morgan fingerprint density at radius 1 is 1.25 bits per heavy atom. The number of carbonyl (C=O) groups excluding carboxylic acids is 2. The molecule has 2 aliphatic rings. The maximum Gasteiger partial charge on any atom is 0.447 e. The van der Waals surface area contributed by atoms with Gasteiger partial charge < -0.3 is 29.8 Å². The largest absolute Gasteiger partial charge is 0.447 e. The molecule has 6 rings (SSSR count). The highest BCUT2D eigenvalue weighted by atomic mass is 32.2. The molecule has 0 aliphatic carbocycles. The molecular formula is C29H29F4N7O3S. The molecule has 0 saturated carbocycles. The van der Waals surface area contributed by atoms with E-state index in [2.05, 4.69) is 26.1 Å². The number of rotatable bonds is 7. The van der Waals surface area contributed by atoms with Crippen molar-refractivity contribution in [3.8, 4) is 11.4 Å². The molecule has 0 unspecified atom stereocenters. The van der Waals surface area contributed by atoms with Gasteiger partial charge in [0.1, 0.15) is 6.17 Å². The van der Waals surface area contributed by atoms with Gasteiger partial charge >= 0.3 is 5.51 Å². The Morgan fingerprint density at radius 2 is 2.05 bits per heavy atom. The van der Waals surface area contributed by atoms with Crippen LogP contribution in [-0.4, -0.2) is 69.1 Å². The van der Waals surface area contributed by atoms with Crippen molar-refractivity contribution < 1.29 is 31.7 Å². The van der Waals surface area contributed by atoms with E-state index in [0.29, 0.717) is 41.0 Å². The van der Waals surface area contributed by atoms with E-state index in [1.54, 1.807) is 44.2 Å². The second kappa shape index (κ2) is 11.1. The van der Waals surface area contributed by atoms with Gasteiger partial charge in [0, 0.05) is 42.3 Å².